The predicted molar refractivity (Wildman–Crippen MR) is 112 cm³/mol. The SMILES string of the molecule is COCC(NC(=O)Nc1cc2[nH]nc(OC3CCOCC3)c2cn1)c1ccccc1. The second-order valence-corrected chi connectivity index (χ2v) is 7.09. The standard InChI is InChI=1S/C21H25N5O4/c1-28-13-18(14-5-3-2-4-6-14)23-21(27)24-19-11-17-16(12-22-19)20(26-25-17)30-15-7-9-29-10-8-15/h2-6,11-12,15,18H,7-10,13H2,1H3,(H,25,26)(H2,22,23,24,27). The van der Waals surface area contributed by atoms with E-state index in [0.717, 1.165) is 29.3 Å². The third-order valence-corrected chi connectivity index (χ3v) is 4.94. The normalized spacial score (nSPS) is 15.6. The van der Waals surface area contributed by atoms with Gasteiger partial charge in [0.25, 0.3) is 0 Å². The van der Waals surface area contributed by atoms with E-state index in [0.29, 0.717) is 31.5 Å². The molecule has 30 heavy (non-hydrogen) atoms. The Bertz CT molecular complexity index is 972. The number of hydrogen-bond acceptors (Lipinski definition) is 6. The lowest BCUT2D eigenvalue weighted by Crippen LogP contribution is -2.35. The van der Waals surface area contributed by atoms with Gasteiger partial charge in [0, 0.05) is 32.2 Å². The Labute approximate surface area is 174 Å². The van der Waals surface area contributed by atoms with Gasteiger partial charge in [-0.15, -0.1) is 5.10 Å². The molecule has 4 rings (SSSR count). The maximum Gasteiger partial charge on any atom is 0.320 e. The fourth-order valence-electron chi connectivity index (χ4n) is 3.38. The Morgan fingerprint density at radius 1 is 1.30 bits per heavy atom. The number of benzene rings is 1. The molecule has 0 aliphatic carbocycles. The number of rotatable bonds is 7. The minimum atomic E-state index is -0.369. The summed E-state index contributed by atoms with van der Waals surface area (Å²) in [6.45, 7) is 1.75. The number of aromatic nitrogens is 3. The van der Waals surface area contributed by atoms with Gasteiger partial charge in [0.2, 0.25) is 5.88 Å². The Kier molecular flexibility index (Phi) is 6.41. The van der Waals surface area contributed by atoms with Crippen LogP contribution in [0.4, 0.5) is 10.6 Å². The molecule has 0 radical (unpaired) electrons. The molecule has 2 aromatic heterocycles. The molecule has 3 aromatic rings. The van der Waals surface area contributed by atoms with Gasteiger partial charge in [-0.3, -0.25) is 10.4 Å². The number of nitrogens with one attached hydrogen (secondary N) is 3. The summed E-state index contributed by atoms with van der Waals surface area (Å²) in [5.74, 6) is 0.926. The Balaban J connectivity index is 1.41. The lowest BCUT2D eigenvalue weighted by molar-refractivity contribution is 0.0243. The zero-order valence-corrected chi connectivity index (χ0v) is 16.8. The molecule has 9 heteroatoms. The lowest BCUT2D eigenvalue weighted by atomic mass is 10.1. The van der Waals surface area contributed by atoms with Crippen LogP contribution < -0.4 is 15.4 Å². The summed E-state index contributed by atoms with van der Waals surface area (Å²) < 4.78 is 16.6. The number of nitrogens with zero attached hydrogens (tertiary/aromatic N) is 2. The molecule has 158 valence electrons. The number of carbonyl (C=O) groups is 1. The summed E-state index contributed by atoms with van der Waals surface area (Å²) in [5, 5.41) is 13.6. The van der Waals surface area contributed by atoms with Gasteiger partial charge in [-0.05, 0) is 5.56 Å². The van der Waals surface area contributed by atoms with Crippen LogP contribution in [0.15, 0.2) is 42.6 Å². The third kappa shape index (κ3) is 4.87. The van der Waals surface area contributed by atoms with Gasteiger partial charge >= 0.3 is 6.03 Å². The van der Waals surface area contributed by atoms with Gasteiger partial charge in [0.05, 0.1) is 36.8 Å². The second kappa shape index (κ2) is 9.55. The zero-order valence-electron chi connectivity index (χ0n) is 16.8. The summed E-state index contributed by atoms with van der Waals surface area (Å²) in [5.41, 5.74) is 1.69. The van der Waals surface area contributed by atoms with Gasteiger partial charge in [-0.1, -0.05) is 30.3 Å². The van der Waals surface area contributed by atoms with Crippen LogP contribution >= 0.6 is 0 Å². The number of aromatic amines is 1. The molecule has 1 aliphatic heterocycles. The Morgan fingerprint density at radius 2 is 2.10 bits per heavy atom. The van der Waals surface area contributed by atoms with Crippen LogP contribution in [-0.2, 0) is 9.47 Å². The molecular formula is C21H25N5O4. The number of ether oxygens (including phenoxy) is 3. The van der Waals surface area contributed by atoms with Gasteiger partial charge < -0.3 is 19.5 Å². The van der Waals surface area contributed by atoms with Crippen molar-refractivity contribution in [2.45, 2.75) is 25.0 Å². The largest absolute Gasteiger partial charge is 0.473 e. The Morgan fingerprint density at radius 3 is 2.87 bits per heavy atom. The molecule has 0 saturated carbocycles. The summed E-state index contributed by atoms with van der Waals surface area (Å²) in [7, 11) is 1.60. The maximum absolute atomic E-state index is 12.5. The average molecular weight is 411 g/mol. The number of pyridine rings is 1. The van der Waals surface area contributed by atoms with Crippen LogP contribution in [0.25, 0.3) is 10.9 Å². The fraction of sp³-hybridized carbons (Fsp3) is 0.381. The molecule has 1 aliphatic rings. The second-order valence-electron chi connectivity index (χ2n) is 7.09. The quantitative estimate of drug-likeness (QED) is 0.551. The number of carbonyl (C=O) groups excluding carboxylic acids is 1. The van der Waals surface area contributed by atoms with Crippen molar-refractivity contribution in [1.82, 2.24) is 20.5 Å². The smallest absolute Gasteiger partial charge is 0.320 e. The molecule has 0 bridgehead atoms. The van der Waals surface area contributed by atoms with Crippen molar-refractivity contribution in [3.05, 3.63) is 48.2 Å². The van der Waals surface area contributed by atoms with Crippen molar-refractivity contribution in [2.75, 3.05) is 32.2 Å². The van der Waals surface area contributed by atoms with E-state index in [1.807, 2.05) is 30.3 Å². The van der Waals surface area contributed by atoms with E-state index in [-0.39, 0.29) is 18.2 Å². The number of amides is 2. The molecule has 0 spiro atoms. The zero-order chi connectivity index (χ0) is 20.8. The van der Waals surface area contributed by atoms with Crippen LogP contribution in [0.3, 0.4) is 0 Å². The number of anilines is 1. The van der Waals surface area contributed by atoms with E-state index < -0.39 is 0 Å². The summed E-state index contributed by atoms with van der Waals surface area (Å²) in [4.78, 5) is 16.8. The highest BCUT2D eigenvalue weighted by Gasteiger charge is 2.19. The Hall–Kier alpha value is -3.17. The van der Waals surface area contributed by atoms with Crippen molar-refractivity contribution < 1.29 is 19.0 Å². The molecule has 1 fully saturated rings. The summed E-state index contributed by atoms with van der Waals surface area (Å²) in [6, 6.07) is 10.7. The van der Waals surface area contributed by atoms with Gasteiger partial charge in [-0.2, -0.15) is 0 Å². The maximum atomic E-state index is 12.5. The van der Waals surface area contributed by atoms with Gasteiger partial charge in [0.1, 0.15) is 11.9 Å². The van der Waals surface area contributed by atoms with E-state index in [1.54, 1.807) is 19.4 Å². The number of hydrogen-bond donors (Lipinski definition) is 3. The molecule has 2 amide bonds. The predicted octanol–water partition coefficient (Wildman–Crippen LogP) is 3.02. The average Bonchev–Trinajstić information content (AvgIpc) is 3.16. The van der Waals surface area contributed by atoms with Gasteiger partial charge in [0.15, 0.2) is 0 Å². The highest BCUT2D eigenvalue weighted by atomic mass is 16.5. The number of urea groups is 1. The first-order valence-corrected chi connectivity index (χ1v) is 9.93. The lowest BCUT2D eigenvalue weighted by Gasteiger charge is -2.22. The van der Waals surface area contributed by atoms with Crippen molar-refractivity contribution in [3.8, 4) is 5.88 Å². The van der Waals surface area contributed by atoms with Crippen molar-refractivity contribution in [3.63, 3.8) is 0 Å². The van der Waals surface area contributed by atoms with E-state index in [1.165, 1.54) is 0 Å². The minimum absolute atomic E-state index is 0.0875. The molecule has 9 nitrogen and oxygen atoms in total. The van der Waals surface area contributed by atoms with Crippen LogP contribution in [0.5, 0.6) is 5.88 Å². The highest BCUT2D eigenvalue weighted by molar-refractivity contribution is 5.92. The van der Waals surface area contributed by atoms with E-state index >= 15 is 0 Å². The van der Waals surface area contributed by atoms with Crippen LogP contribution in [0, 0.1) is 0 Å². The minimum Gasteiger partial charge on any atom is -0.473 e. The molecule has 1 atom stereocenters. The fourth-order valence-corrected chi connectivity index (χ4v) is 3.38. The topological polar surface area (TPSA) is 110 Å². The van der Waals surface area contributed by atoms with Crippen molar-refractivity contribution in [2.24, 2.45) is 0 Å². The first-order valence-electron chi connectivity index (χ1n) is 9.93. The molecule has 1 aromatic carbocycles. The van der Waals surface area contributed by atoms with Crippen molar-refractivity contribution in [1.29, 1.82) is 0 Å². The first kappa shape index (κ1) is 20.1. The monoisotopic (exact) mass is 411 g/mol. The summed E-state index contributed by atoms with van der Waals surface area (Å²) in [6.07, 6.45) is 3.41. The molecule has 3 heterocycles. The number of H-pyrrole nitrogens is 1. The van der Waals surface area contributed by atoms with E-state index in [9.17, 15) is 4.79 Å². The molecular weight excluding hydrogens is 386 g/mol. The molecule has 1 saturated heterocycles. The molecule has 1 unspecified atom stereocenters. The highest BCUT2D eigenvalue weighted by Crippen LogP contribution is 2.26. The van der Waals surface area contributed by atoms with E-state index in [2.05, 4.69) is 25.8 Å². The summed E-state index contributed by atoms with van der Waals surface area (Å²) >= 11 is 0. The van der Waals surface area contributed by atoms with Gasteiger partial charge in [-0.25, -0.2) is 9.78 Å². The third-order valence-electron chi connectivity index (χ3n) is 4.94. The number of fused-ring (bicyclic) bond motifs is 1. The van der Waals surface area contributed by atoms with Crippen LogP contribution in [0.1, 0.15) is 24.4 Å². The van der Waals surface area contributed by atoms with Crippen LogP contribution in [0.2, 0.25) is 0 Å². The van der Waals surface area contributed by atoms with E-state index in [4.69, 9.17) is 14.2 Å². The molecule has 3 N–H and O–H groups in total. The first-order chi connectivity index (χ1) is 14.7. The van der Waals surface area contributed by atoms with Crippen molar-refractivity contribution >= 4 is 22.8 Å². The number of methoxy groups -OCH3 is 1. The van der Waals surface area contributed by atoms with Crippen LogP contribution in [-0.4, -0.2) is 54.2 Å².